The van der Waals surface area contributed by atoms with E-state index in [0.29, 0.717) is 17.9 Å². The van der Waals surface area contributed by atoms with E-state index in [1.165, 1.54) is 5.57 Å². The van der Waals surface area contributed by atoms with Crippen LogP contribution in [0.1, 0.15) is 51.8 Å². The molecule has 0 saturated carbocycles. The Labute approximate surface area is 103 Å². The molecule has 0 spiro atoms. The topological polar surface area (TPSA) is 42.2 Å². The predicted octanol–water partition coefficient (Wildman–Crippen LogP) is 2.69. The van der Waals surface area contributed by atoms with Gasteiger partial charge in [-0.15, -0.1) is 10.2 Å². The summed E-state index contributed by atoms with van der Waals surface area (Å²) in [6.07, 6.45) is 3.21. The molecule has 0 unspecified atom stereocenters. The van der Waals surface area contributed by atoms with E-state index in [9.17, 15) is 0 Å². The smallest absolute Gasteiger partial charge is 0.243 e. The number of aromatic nitrogens is 2. The second-order valence-corrected chi connectivity index (χ2v) is 5.17. The maximum Gasteiger partial charge on any atom is 0.243 e. The van der Waals surface area contributed by atoms with Gasteiger partial charge in [-0.05, 0) is 20.3 Å². The largest absolute Gasteiger partial charge is 0.421 e. The highest BCUT2D eigenvalue weighted by Crippen LogP contribution is 2.23. The van der Waals surface area contributed by atoms with Gasteiger partial charge in [0, 0.05) is 30.6 Å². The van der Waals surface area contributed by atoms with Crippen LogP contribution in [-0.2, 0) is 0 Å². The third kappa shape index (κ3) is 2.75. The number of rotatable bonds is 3. The van der Waals surface area contributed by atoms with Gasteiger partial charge in [-0.1, -0.05) is 19.9 Å². The highest BCUT2D eigenvalue weighted by Gasteiger charge is 2.19. The molecule has 0 amide bonds. The molecule has 17 heavy (non-hydrogen) atoms. The van der Waals surface area contributed by atoms with Crippen molar-refractivity contribution < 1.29 is 4.42 Å². The van der Waals surface area contributed by atoms with E-state index in [-0.39, 0.29) is 0 Å². The molecule has 4 nitrogen and oxygen atoms in total. The van der Waals surface area contributed by atoms with Crippen molar-refractivity contribution in [3.05, 3.63) is 17.9 Å². The minimum absolute atomic E-state index is 0.299. The molecule has 1 aliphatic heterocycles. The molecule has 1 aromatic heterocycles. The second-order valence-electron chi connectivity index (χ2n) is 5.17. The lowest BCUT2D eigenvalue weighted by Crippen LogP contribution is -2.34. The molecular formula is C13H21N3O. The minimum atomic E-state index is 0.299. The molecule has 1 aliphatic rings. The highest BCUT2D eigenvalue weighted by molar-refractivity contribution is 5.59. The van der Waals surface area contributed by atoms with E-state index in [1.54, 1.807) is 0 Å². The van der Waals surface area contributed by atoms with Gasteiger partial charge in [-0.3, -0.25) is 4.90 Å². The Morgan fingerprint density at radius 2 is 2.00 bits per heavy atom. The van der Waals surface area contributed by atoms with Crippen LogP contribution in [0.5, 0.6) is 0 Å². The van der Waals surface area contributed by atoms with Crippen LogP contribution in [0, 0.1) is 0 Å². The fraction of sp³-hybridized carbons (Fsp3) is 0.692. The normalized spacial score (nSPS) is 17.9. The summed E-state index contributed by atoms with van der Waals surface area (Å²) in [5, 5.41) is 8.20. The molecular weight excluding hydrogens is 214 g/mol. The van der Waals surface area contributed by atoms with Gasteiger partial charge >= 0.3 is 0 Å². The molecule has 0 fully saturated rings. The molecule has 4 heteroatoms. The third-order valence-corrected chi connectivity index (χ3v) is 3.18. The summed E-state index contributed by atoms with van der Waals surface area (Å²) >= 11 is 0. The Kier molecular flexibility index (Phi) is 3.62. The molecule has 2 heterocycles. The summed E-state index contributed by atoms with van der Waals surface area (Å²) in [7, 11) is 0. The third-order valence-electron chi connectivity index (χ3n) is 3.18. The lowest BCUT2D eigenvalue weighted by molar-refractivity contribution is 0.244. The Balaban J connectivity index is 2.08. The average Bonchev–Trinajstić information content (AvgIpc) is 2.78. The van der Waals surface area contributed by atoms with E-state index in [4.69, 9.17) is 4.42 Å². The summed E-state index contributed by atoms with van der Waals surface area (Å²) in [6, 6.07) is 0.599. The van der Waals surface area contributed by atoms with Gasteiger partial charge in [-0.2, -0.15) is 0 Å². The Morgan fingerprint density at radius 3 is 2.47 bits per heavy atom. The standard InChI is InChI=1S/C13H21N3O/c1-9(2)12-14-15-13(17-12)11-5-7-16(8-6-11)10(3)4/h5,9-10H,6-8H2,1-4H3. The van der Waals surface area contributed by atoms with Crippen LogP contribution in [0.3, 0.4) is 0 Å². The van der Waals surface area contributed by atoms with Crippen LogP contribution in [0.15, 0.2) is 10.5 Å². The molecule has 94 valence electrons. The zero-order valence-electron chi connectivity index (χ0n) is 11.1. The van der Waals surface area contributed by atoms with Crippen molar-refractivity contribution in [2.24, 2.45) is 0 Å². The summed E-state index contributed by atoms with van der Waals surface area (Å²) in [5.74, 6) is 1.73. The summed E-state index contributed by atoms with van der Waals surface area (Å²) in [6.45, 7) is 10.6. The Hall–Kier alpha value is -1.16. The van der Waals surface area contributed by atoms with Gasteiger partial charge in [0.15, 0.2) is 0 Å². The zero-order valence-corrected chi connectivity index (χ0v) is 11.1. The van der Waals surface area contributed by atoms with Crippen molar-refractivity contribution in [2.45, 2.75) is 46.1 Å². The van der Waals surface area contributed by atoms with Crippen LogP contribution in [-0.4, -0.2) is 34.2 Å². The average molecular weight is 235 g/mol. The first-order valence-electron chi connectivity index (χ1n) is 6.34. The minimum Gasteiger partial charge on any atom is -0.421 e. The maximum atomic E-state index is 5.67. The molecule has 0 bridgehead atoms. The van der Waals surface area contributed by atoms with Crippen LogP contribution in [0.25, 0.3) is 5.57 Å². The molecule has 0 N–H and O–H groups in total. The molecule has 1 aromatic rings. The van der Waals surface area contributed by atoms with E-state index >= 15 is 0 Å². The quantitative estimate of drug-likeness (QED) is 0.807. The SMILES string of the molecule is CC(C)c1nnc(C2=CCN(C(C)C)CC2)o1. The van der Waals surface area contributed by atoms with Crippen LogP contribution in [0.4, 0.5) is 0 Å². The van der Waals surface area contributed by atoms with Gasteiger partial charge in [0.05, 0.1) is 0 Å². The van der Waals surface area contributed by atoms with Crippen molar-refractivity contribution in [1.29, 1.82) is 0 Å². The van der Waals surface area contributed by atoms with Crippen molar-refractivity contribution in [1.82, 2.24) is 15.1 Å². The molecule has 0 saturated heterocycles. The van der Waals surface area contributed by atoms with E-state index < -0.39 is 0 Å². The van der Waals surface area contributed by atoms with E-state index in [2.05, 4.69) is 48.9 Å². The van der Waals surface area contributed by atoms with Crippen molar-refractivity contribution in [3.63, 3.8) is 0 Å². The number of hydrogen-bond donors (Lipinski definition) is 0. The first kappa shape index (κ1) is 12.3. The summed E-state index contributed by atoms with van der Waals surface area (Å²) in [5.41, 5.74) is 1.20. The lowest BCUT2D eigenvalue weighted by atomic mass is 10.1. The second kappa shape index (κ2) is 5.00. The lowest BCUT2D eigenvalue weighted by Gasteiger charge is -2.28. The van der Waals surface area contributed by atoms with Crippen LogP contribution in [0.2, 0.25) is 0 Å². The Bertz CT molecular complexity index is 407. The fourth-order valence-electron chi connectivity index (χ4n) is 1.95. The molecule has 2 rings (SSSR count). The predicted molar refractivity (Wildman–Crippen MR) is 67.7 cm³/mol. The highest BCUT2D eigenvalue weighted by atomic mass is 16.4. The molecule has 0 radical (unpaired) electrons. The van der Waals surface area contributed by atoms with Crippen molar-refractivity contribution >= 4 is 5.57 Å². The number of nitrogens with zero attached hydrogens (tertiary/aromatic N) is 3. The molecule has 0 aliphatic carbocycles. The summed E-state index contributed by atoms with van der Waals surface area (Å²) < 4.78 is 5.67. The first-order chi connectivity index (χ1) is 8.08. The first-order valence-corrected chi connectivity index (χ1v) is 6.34. The van der Waals surface area contributed by atoms with Crippen molar-refractivity contribution in [3.8, 4) is 0 Å². The molecule has 0 aromatic carbocycles. The molecule has 0 atom stereocenters. The van der Waals surface area contributed by atoms with Crippen LogP contribution >= 0.6 is 0 Å². The monoisotopic (exact) mass is 235 g/mol. The maximum absolute atomic E-state index is 5.67. The summed E-state index contributed by atoms with van der Waals surface area (Å²) in [4.78, 5) is 2.43. The van der Waals surface area contributed by atoms with E-state index in [1.807, 2.05) is 0 Å². The van der Waals surface area contributed by atoms with Crippen LogP contribution < -0.4 is 0 Å². The van der Waals surface area contributed by atoms with Gasteiger partial charge in [0.1, 0.15) is 0 Å². The van der Waals surface area contributed by atoms with Crippen molar-refractivity contribution in [2.75, 3.05) is 13.1 Å². The zero-order chi connectivity index (χ0) is 12.4. The van der Waals surface area contributed by atoms with E-state index in [0.717, 1.165) is 25.4 Å². The van der Waals surface area contributed by atoms with Gasteiger partial charge in [0.2, 0.25) is 11.8 Å². The fourth-order valence-corrected chi connectivity index (χ4v) is 1.95. The number of hydrogen-bond acceptors (Lipinski definition) is 4. The van der Waals surface area contributed by atoms with Gasteiger partial charge < -0.3 is 4.42 Å². The Morgan fingerprint density at radius 1 is 1.24 bits per heavy atom. The van der Waals surface area contributed by atoms with Gasteiger partial charge in [-0.25, -0.2) is 0 Å². The van der Waals surface area contributed by atoms with Gasteiger partial charge in [0.25, 0.3) is 0 Å².